The van der Waals surface area contributed by atoms with E-state index in [0.717, 1.165) is 15.6 Å². The highest BCUT2D eigenvalue weighted by atomic mass is 79.9. The number of aromatic nitrogens is 1. The van der Waals surface area contributed by atoms with Crippen LogP contribution in [-0.2, 0) is 5.41 Å². The van der Waals surface area contributed by atoms with Crippen LogP contribution in [0.3, 0.4) is 0 Å². The van der Waals surface area contributed by atoms with Crippen LogP contribution in [0, 0.1) is 11.8 Å². The fourth-order valence-corrected chi connectivity index (χ4v) is 3.65. The van der Waals surface area contributed by atoms with Crippen molar-refractivity contribution in [1.82, 2.24) is 4.98 Å². The molecule has 1 aromatic heterocycles. The minimum atomic E-state index is -0.420. The maximum absolute atomic E-state index is 3.60. The minimum Gasteiger partial charge on any atom is -0.361 e. The molecule has 3 aromatic carbocycles. The number of halogens is 1. The molecule has 1 N–H and O–H groups in total. The second-order valence-electron chi connectivity index (χ2n) is 6.50. The Labute approximate surface area is 162 Å². The minimum absolute atomic E-state index is 0.420. The van der Waals surface area contributed by atoms with Gasteiger partial charge in [0.25, 0.3) is 0 Å². The van der Waals surface area contributed by atoms with Crippen molar-refractivity contribution in [3.63, 3.8) is 0 Å². The quantitative estimate of drug-likeness (QED) is 0.381. The summed E-state index contributed by atoms with van der Waals surface area (Å²) in [5.74, 6) is 6.93. The summed E-state index contributed by atoms with van der Waals surface area (Å²) in [5.41, 5.74) is 4.09. The van der Waals surface area contributed by atoms with E-state index in [2.05, 4.69) is 88.3 Å². The summed E-state index contributed by atoms with van der Waals surface area (Å²) in [5, 5.41) is 1.19. The molecule has 0 fully saturated rings. The van der Waals surface area contributed by atoms with Crippen LogP contribution in [-0.4, -0.2) is 4.98 Å². The van der Waals surface area contributed by atoms with Gasteiger partial charge in [0.15, 0.2) is 0 Å². The van der Waals surface area contributed by atoms with E-state index in [1.807, 2.05) is 36.4 Å². The lowest BCUT2D eigenvalue weighted by molar-refractivity contribution is 0.761. The van der Waals surface area contributed by atoms with Gasteiger partial charge in [0, 0.05) is 27.1 Å². The van der Waals surface area contributed by atoms with Crippen molar-refractivity contribution in [2.45, 2.75) is 12.3 Å². The summed E-state index contributed by atoms with van der Waals surface area (Å²) in [6.45, 7) is 2.20. The predicted molar refractivity (Wildman–Crippen MR) is 112 cm³/mol. The van der Waals surface area contributed by atoms with Crippen LogP contribution in [0.5, 0.6) is 0 Å². The maximum atomic E-state index is 3.60. The van der Waals surface area contributed by atoms with Crippen molar-refractivity contribution in [1.29, 1.82) is 0 Å². The number of nitrogens with one attached hydrogen (secondary N) is 1. The molecule has 1 unspecified atom stereocenters. The van der Waals surface area contributed by atoms with Crippen molar-refractivity contribution in [3.8, 4) is 11.8 Å². The number of hydrogen-bond donors (Lipinski definition) is 1. The molecule has 0 bridgehead atoms. The van der Waals surface area contributed by atoms with Gasteiger partial charge in [-0.05, 0) is 48.4 Å². The van der Waals surface area contributed by atoms with Crippen LogP contribution >= 0.6 is 15.9 Å². The largest absolute Gasteiger partial charge is 0.361 e. The molecule has 0 saturated heterocycles. The third-order valence-electron chi connectivity index (χ3n) is 4.76. The Balaban J connectivity index is 1.94. The van der Waals surface area contributed by atoms with Gasteiger partial charge in [-0.15, -0.1) is 0 Å². The van der Waals surface area contributed by atoms with Crippen LogP contribution < -0.4 is 0 Å². The van der Waals surface area contributed by atoms with E-state index in [0.29, 0.717) is 0 Å². The van der Waals surface area contributed by atoms with Gasteiger partial charge in [-0.25, -0.2) is 0 Å². The highest BCUT2D eigenvalue weighted by Crippen LogP contribution is 2.37. The van der Waals surface area contributed by atoms with Crippen LogP contribution in [0.15, 0.2) is 89.5 Å². The molecule has 0 spiro atoms. The third-order valence-corrected chi connectivity index (χ3v) is 5.26. The summed E-state index contributed by atoms with van der Waals surface area (Å²) in [4.78, 5) is 3.40. The molecule has 0 saturated carbocycles. The first-order valence-electron chi connectivity index (χ1n) is 8.58. The molecule has 4 rings (SSSR count). The lowest BCUT2D eigenvalue weighted by atomic mass is 9.76. The molecular formula is C24H18BrN. The summed E-state index contributed by atoms with van der Waals surface area (Å²) in [6.07, 6.45) is 2.09. The summed E-state index contributed by atoms with van der Waals surface area (Å²) >= 11 is 3.60. The van der Waals surface area contributed by atoms with Crippen molar-refractivity contribution in [2.75, 3.05) is 0 Å². The molecule has 1 heterocycles. The van der Waals surface area contributed by atoms with E-state index < -0.39 is 5.41 Å². The zero-order valence-electron chi connectivity index (χ0n) is 14.5. The van der Waals surface area contributed by atoms with E-state index in [4.69, 9.17) is 0 Å². The fourth-order valence-electron chi connectivity index (χ4n) is 3.29. The third kappa shape index (κ3) is 3.07. The monoisotopic (exact) mass is 399 g/mol. The lowest BCUT2D eigenvalue weighted by Gasteiger charge is -2.24. The highest BCUT2D eigenvalue weighted by molar-refractivity contribution is 9.10. The Bertz CT molecular complexity index is 1100. The zero-order chi connectivity index (χ0) is 18.0. The first-order chi connectivity index (χ1) is 12.7. The van der Waals surface area contributed by atoms with E-state index in [1.165, 1.54) is 16.5 Å². The van der Waals surface area contributed by atoms with Crippen LogP contribution in [0.2, 0.25) is 0 Å². The maximum Gasteiger partial charge on any atom is 0.0808 e. The van der Waals surface area contributed by atoms with Gasteiger partial charge in [-0.3, -0.25) is 0 Å². The Hall–Kier alpha value is -2.76. The Morgan fingerprint density at radius 3 is 2.31 bits per heavy atom. The molecule has 4 aromatic rings. The van der Waals surface area contributed by atoms with Crippen molar-refractivity contribution < 1.29 is 0 Å². The van der Waals surface area contributed by atoms with E-state index in [1.54, 1.807) is 0 Å². The lowest BCUT2D eigenvalue weighted by Crippen LogP contribution is -2.21. The summed E-state index contributed by atoms with van der Waals surface area (Å²) in [6, 6.07) is 26.9. The van der Waals surface area contributed by atoms with Gasteiger partial charge in [0.05, 0.1) is 5.41 Å². The molecule has 0 amide bonds. The van der Waals surface area contributed by atoms with Crippen molar-refractivity contribution in [2.24, 2.45) is 0 Å². The van der Waals surface area contributed by atoms with Crippen LogP contribution in [0.1, 0.15) is 23.6 Å². The highest BCUT2D eigenvalue weighted by Gasteiger charge is 2.29. The average Bonchev–Trinajstić information content (AvgIpc) is 3.11. The van der Waals surface area contributed by atoms with Gasteiger partial charge < -0.3 is 4.98 Å². The number of fused-ring (bicyclic) bond motifs is 1. The Kier molecular flexibility index (Phi) is 4.41. The molecule has 2 heteroatoms. The van der Waals surface area contributed by atoms with E-state index in [9.17, 15) is 0 Å². The van der Waals surface area contributed by atoms with E-state index >= 15 is 0 Å². The number of rotatable bonds is 2. The van der Waals surface area contributed by atoms with Gasteiger partial charge >= 0.3 is 0 Å². The normalized spacial score (nSPS) is 13.0. The molecule has 0 aliphatic rings. The second-order valence-corrected chi connectivity index (χ2v) is 7.41. The molecule has 26 heavy (non-hydrogen) atoms. The number of aromatic amines is 1. The van der Waals surface area contributed by atoms with Crippen molar-refractivity contribution in [3.05, 3.63) is 106 Å². The molecule has 1 nitrogen and oxygen atoms in total. The fraction of sp³-hybridized carbons (Fsp3) is 0.0833. The molecule has 0 aliphatic heterocycles. The van der Waals surface area contributed by atoms with Gasteiger partial charge in [-0.1, -0.05) is 76.3 Å². The predicted octanol–water partition coefficient (Wildman–Crippen LogP) is 6.29. The van der Waals surface area contributed by atoms with Gasteiger partial charge in [0.1, 0.15) is 0 Å². The smallest absolute Gasteiger partial charge is 0.0808 e. The van der Waals surface area contributed by atoms with Gasteiger partial charge in [0.2, 0.25) is 0 Å². The van der Waals surface area contributed by atoms with E-state index in [-0.39, 0.29) is 0 Å². The summed E-state index contributed by atoms with van der Waals surface area (Å²) < 4.78 is 1.07. The molecule has 0 aliphatic carbocycles. The zero-order valence-corrected chi connectivity index (χ0v) is 16.0. The topological polar surface area (TPSA) is 15.8 Å². The molecule has 1 atom stereocenters. The SMILES string of the molecule is CC(C#Cc1ccccc1)(c1ccccc1)c1c[nH]c2ccc(Br)cc12. The number of hydrogen-bond acceptors (Lipinski definition) is 0. The first kappa shape index (κ1) is 16.7. The molecular weight excluding hydrogens is 382 g/mol. The molecule has 126 valence electrons. The first-order valence-corrected chi connectivity index (χ1v) is 9.37. The standard InChI is InChI=1S/C24H18BrN/c1-24(19-10-6-3-7-11-19,15-14-18-8-4-2-5-9-18)22-17-26-23-13-12-20(25)16-21(22)23/h2-13,16-17,26H,1H3. The second kappa shape index (κ2) is 6.86. The number of H-pyrrole nitrogens is 1. The molecule has 0 radical (unpaired) electrons. The Morgan fingerprint density at radius 1 is 0.885 bits per heavy atom. The summed E-state index contributed by atoms with van der Waals surface area (Å²) in [7, 11) is 0. The Morgan fingerprint density at radius 2 is 1.58 bits per heavy atom. The van der Waals surface area contributed by atoms with Crippen molar-refractivity contribution >= 4 is 26.8 Å². The number of benzene rings is 3. The average molecular weight is 400 g/mol. The van der Waals surface area contributed by atoms with Gasteiger partial charge in [-0.2, -0.15) is 0 Å². The van der Waals surface area contributed by atoms with Crippen LogP contribution in [0.25, 0.3) is 10.9 Å². The van der Waals surface area contributed by atoms with Crippen LogP contribution in [0.4, 0.5) is 0 Å².